The van der Waals surface area contributed by atoms with E-state index in [2.05, 4.69) is 13.5 Å². The lowest BCUT2D eigenvalue weighted by Crippen LogP contribution is -2.41. The number of hydrogen-bond acceptors (Lipinski definition) is 6. The zero-order valence-corrected chi connectivity index (χ0v) is 18.5. The third-order valence-electron chi connectivity index (χ3n) is 6.53. The van der Waals surface area contributed by atoms with Crippen molar-refractivity contribution in [1.82, 2.24) is 4.90 Å². The minimum atomic E-state index is -0.597. The Bertz CT molecular complexity index is 926. The molecule has 1 fully saturated rings. The van der Waals surface area contributed by atoms with Gasteiger partial charge in [0.1, 0.15) is 6.10 Å². The highest BCUT2D eigenvalue weighted by molar-refractivity contribution is 6.11. The smallest absolute Gasteiger partial charge is 0.290 e. The van der Waals surface area contributed by atoms with Crippen LogP contribution in [0.2, 0.25) is 0 Å². The summed E-state index contributed by atoms with van der Waals surface area (Å²) in [5.74, 6) is 1.53. The molecule has 4 atom stereocenters. The number of carbonyl (C=O) groups excluding carboxylic acids is 2. The molecule has 7 nitrogen and oxygen atoms in total. The third-order valence-corrected chi connectivity index (χ3v) is 6.53. The highest BCUT2D eigenvalue weighted by Crippen LogP contribution is 2.49. The van der Waals surface area contributed by atoms with Crippen molar-refractivity contribution < 1.29 is 28.5 Å². The summed E-state index contributed by atoms with van der Waals surface area (Å²) in [5.41, 5.74) is 1.13. The molecule has 7 heteroatoms. The van der Waals surface area contributed by atoms with Crippen LogP contribution in [-0.2, 0) is 14.3 Å². The summed E-state index contributed by atoms with van der Waals surface area (Å²) in [6.45, 7) is 6.24. The van der Waals surface area contributed by atoms with Crippen molar-refractivity contribution in [2.24, 2.45) is 11.8 Å². The maximum absolute atomic E-state index is 13.7. The van der Waals surface area contributed by atoms with E-state index >= 15 is 0 Å². The van der Waals surface area contributed by atoms with Gasteiger partial charge < -0.3 is 23.8 Å². The van der Waals surface area contributed by atoms with Gasteiger partial charge in [-0.1, -0.05) is 13.0 Å². The lowest BCUT2D eigenvalue weighted by atomic mass is 9.74. The lowest BCUT2D eigenvalue weighted by molar-refractivity contribution is -0.135. The van der Waals surface area contributed by atoms with Crippen LogP contribution in [0, 0.1) is 11.8 Å². The fourth-order valence-corrected chi connectivity index (χ4v) is 5.06. The molecule has 31 heavy (non-hydrogen) atoms. The van der Waals surface area contributed by atoms with E-state index in [9.17, 15) is 9.59 Å². The van der Waals surface area contributed by atoms with E-state index in [0.29, 0.717) is 34.3 Å². The normalized spacial score (nSPS) is 27.4. The standard InChI is InChI=1S/C24H29NO6/c1-6-9-25-20(14-11-17(28-3)22(30-5)18(12-14)29-4)19-21(26)15-10-13(2)7-8-16(15)31-23(19)24(25)27/h6,11-13,15-16,20H,1,7-10H2,2-5H3. The molecule has 1 aliphatic carbocycles. The molecule has 2 aliphatic heterocycles. The van der Waals surface area contributed by atoms with Crippen LogP contribution in [0.5, 0.6) is 17.2 Å². The zero-order chi connectivity index (χ0) is 22.3. The Balaban J connectivity index is 1.85. The maximum Gasteiger partial charge on any atom is 0.290 e. The summed E-state index contributed by atoms with van der Waals surface area (Å²) >= 11 is 0. The lowest BCUT2D eigenvalue weighted by Gasteiger charge is -2.37. The summed E-state index contributed by atoms with van der Waals surface area (Å²) in [6, 6.07) is 2.97. The summed E-state index contributed by atoms with van der Waals surface area (Å²) in [6.07, 6.45) is 3.99. The van der Waals surface area contributed by atoms with Crippen molar-refractivity contribution in [2.75, 3.05) is 27.9 Å². The van der Waals surface area contributed by atoms with Crippen LogP contribution in [0.1, 0.15) is 37.8 Å². The number of hydrogen-bond donors (Lipinski definition) is 0. The minimum absolute atomic E-state index is 0.0106. The van der Waals surface area contributed by atoms with Crippen molar-refractivity contribution >= 4 is 11.7 Å². The molecule has 3 aliphatic rings. The Morgan fingerprint density at radius 3 is 2.39 bits per heavy atom. The first-order valence-electron chi connectivity index (χ1n) is 10.6. The van der Waals surface area contributed by atoms with Crippen molar-refractivity contribution in [3.63, 3.8) is 0 Å². The molecule has 166 valence electrons. The number of Topliss-reactive ketones (excluding diaryl/α,β-unsaturated/α-hetero) is 1. The molecule has 1 aromatic rings. The summed E-state index contributed by atoms with van der Waals surface area (Å²) in [4.78, 5) is 28.6. The molecule has 0 bridgehead atoms. The van der Waals surface area contributed by atoms with Crippen LogP contribution in [0.4, 0.5) is 0 Å². The quantitative estimate of drug-likeness (QED) is 0.648. The summed E-state index contributed by atoms with van der Waals surface area (Å²) in [7, 11) is 4.61. The molecule has 0 spiro atoms. The fourth-order valence-electron chi connectivity index (χ4n) is 5.06. The predicted octanol–water partition coefficient (Wildman–Crippen LogP) is 3.44. The van der Waals surface area contributed by atoms with Crippen LogP contribution in [0.3, 0.4) is 0 Å². The van der Waals surface area contributed by atoms with Gasteiger partial charge in [-0.05, 0) is 42.9 Å². The molecular formula is C24H29NO6. The van der Waals surface area contributed by atoms with Crippen molar-refractivity contribution in [1.29, 1.82) is 0 Å². The second-order valence-electron chi connectivity index (χ2n) is 8.40. The number of benzene rings is 1. The molecule has 0 aromatic heterocycles. The van der Waals surface area contributed by atoms with Gasteiger partial charge in [0.2, 0.25) is 5.75 Å². The molecule has 1 amide bonds. The number of rotatable bonds is 6. The van der Waals surface area contributed by atoms with E-state index in [-0.39, 0.29) is 36.0 Å². The zero-order valence-electron chi connectivity index (χ0n) is 18.5. The van der Waals surface area contributed by atoms with Gasteiger partial charge in [0, 0.05) is 6.54 Å². The average Bonchev–Trinajstić information content (AvgIpc) is 3.05. The van der Waals surface area contributed by atoms with Crippen LogP contribution in [-0.4, -0.2) is 50.6 Å². The number of fused-ring (bicyclic) bond motifs is 1. The summed E-state index contributed by atoms with van der Waals surface area (Å²) in [5, 5.41) is 0. The second-order valence-corrected chi connectivity index (χ2v) is 8.40. The van der Waals surface area contributed by atoms with Crippen molar-refractivity contribution in [3.8, 4) is 17.2 Å². The Labute approximate surface area is 182 Å². The monoisotopic (exact) mass is 427 g/mol. The number of carbonyl (C=O) groups is 2. The van der Waals surface area contributed by atoms with Gasteiger partial charge in [-0.15, -0.1) is 6.58 Å². The van der Waals surface area contributed by atoms with Crippen LogP contribution >= 0.6 is 0 Å². The fraction of sp³-hybridized carbons (Fsp3) is 0.500. The molecule has 1 aromatic carbocycles. The molecule has 0 saturated heterocycles. The number of ether oxygens (including phenoxy) is 4. The molecule has 2 heterocycles. The number of amides is 1. The SMILES string of the molecule is C=CCN1C(=O)C2=C(C(=O)C3CC(C)CCC3O2)C1c1cc(OC)c(OC)c(OC)c1. The van der Waals surface area contributed by atoms with E-state index in [1.165, 1.54) is 21.3 Å². The van der Waals surface area contributed by atoms with Crippen LogP contribution < -0.4 is 14.2 Å². The molecular weight excluding hydrogens is 398 g/mol. The molecule has 4 rings (SSSR count). The van der Waals surface area contributed by atoms with E-state index in [1.807, 2.05) is 0 Å². The van der Waals surface area contributed by atoms with Gasteiger partial charge in [0.25, 0.3) is 5.91 Å². The minimum Gasteiger partial charge on any atom is -0.493 e. The first-order valence-corrected chi connectivity index (χ1v) is 10.6. The molecule has 0 N–H and O–H groups in total. The Morgan fingerprint density at radius 2 is 1.81 bits per heavy atom. The second kappa shape index (κ2) is 8.29. The number of methoxy groups -OCH3 is 3. The molecule has 0 radical (unpaired) electrons. The van der Waals surface area contributed by atoms with Crippen molar-refractivity contribution in [2.45, 2.75) is 38.3 Å². The highest BCUT2D eigenvalue weighted by atomic mass is 16.5. The Hall–Kier alpha value is -2.96. The van der Waals surface area contributed by atoms with E-state index in [4.69, 9.17) is 18.9 Å². The third kappa shape index (κ3) is 3.36. The molecule has 1 saturated carbocycles. The van der Waals surface area contributed by atoms with E-state index in [1.54, 1.807) is 23.1 Å². The Kier molecular flexibility index (Phi) is 5.69. The van der Waals surface area contributed by atoms with Gasteiger partial charge in [-0.3, -0.25) is 9.59 Å². The maximum atomic E-state index is 13.7. The van der Waals surface area contributed by atoms with E-state index < -0.39 is 6.04 Å². The first-order chi connectivity index (χ1) is 14.9. The van der Waals surface area contributed by atoms with Gasteiger partial charge in [-0.25, -0.2) is 0 Å². The number of ketones is 1. The predicted molar refractivity (Wildman–Crippen MR) is 114 cm³/mol. The topological polar surface area (TPSA) is 74.3 Å². The van der Waals surface area contributed by atoms with Crippen LogP contribution in [0.25, 0.3) is 0 Å². The highest BCUT2D eigenvalue weighted by Gasteiger charge is 2.52. The number of nitrogens with zero attached hydrogens (tertiary/aromatic N) is 1. The van der Waals surface area contributed by atoms with Gasteiger partial charge in [0.15, 0.2) is 23.0 Å². The van der Waals surface area contributed by atoms with Crippen LogP contribution in [0.15, 0.2) is 36.1 Å². The first kappa shape index (κ1) is 21.3. The van der Waals surface area contributed by atoms with Gasteiger partial charge >= 0.3 is 0 Å². The summed E-state index contributed by atoms with van der Waals surface area (Å²) < 4.78 is 22.6. The van der Waals surface area contributed by atoms with Gasteiger partial charge in [-0.2, -0.15) is 0 Å². The van der Waals surface area contributed by atoms with Crippen molar-refractivity contribution in [3.05, 3.63) is 41.7 Å². The largest absolute Gasteiger partial charge is 0.493 e. The van der Waals surface area contributed by atoms with E-state index in [0.717, 1.165) is 19.3 Å². The van der Waals surface area contributed by atoms with Gasteiger partial charge in [0.05, 0.1) is 38.9 Å². The molecule has 4 unspecified atom stereocenters. The Morgan fingerprint density at radius 1 is 1.13 bits per heavy atom. The average molecular weight is 427 g/mol.